The summed E-state index contributed by atoms with van der Waals surface area (Å²) in [6, 6.07) is 15.4. The standard InChI is InChI=1S/C14H14INO2/c15-11-6-7-14(13(16)10-11)18-9-8-17-12-4-2-1-3-5-12/h1-7,10H,8-9,16H2. The lowest BCUT2D eigenvalue weighted by Gasteiger charge is -2.10. The fraction of sp³-hybridized carbons (Fsp3) is 0.143. The first-order valence-corrected chi connectivity index (χ1v) is 6.69. The third kappa shape index (κ3) is 3.80. The van der Waals surface area contributed by atoms with Crippen molar-refractivity contribution in [2.24, 2.45) is 0 Å². The van der Waals surface area contributed by atoms with Crippen molar-refractivity contribution in [3.05, 3.63) is 52.1 Å². The Labute approximate surface area is 120 Å². The smallest absolute Gasteiger partial charge is 0.142 e. The Bertz CT molecular complexity index is 502. The summed E-state index contributed by atoms with van der Waals surface area (Å²) in [7, 11) is 0. The van der Waals surface area contributed by atoms with E-state index in [1.807, 2.05) is 48.5 Å². The molecule has 2 N–H and O–H groups in total. The van der Waals surface area contributed by atoms with E-state index in [9.17, 15) is 0 Å². The second kappa shape index (κ2) is 6.49. The van der Waals surface area contributed by atoms with E-state index in [1.165, 1.54) is 0 Å². The minimum absolute atomic E-state index is 0.472. The van der Waals surface area contributed by atoms with E-state index >= 15 is 0 Å². The molecule has 0 aliphatic rings. The van der Waals surface area contributed by atoms with Gasteiger partial charge in [0.25, 0.3) is 0 Å². The molecular weight excluding hydrogens is 341 g/mol. The van der Waals surface area contributed by atoms with Crippen molar-refractivity contribution in [2.45, 2.75) is 0 Å². The van der Waals surface area contributed by atoms with Gasteiger partial charge < -0.3 is 15.2 Å². The van der Waals surface area contributed by atoms with E-state index in [0.717, 1.165) is 9.32 Å². The Morgan fingerprint density at radius 1 is 0.944 bits per heavy atom. The van der Waals surface area contributed by atoms with Crippen LogP contribution in [0.25, 0.3) is 0 Å². The van der Waals surface area contributed by atoms with Crippen molar-refractivity contribution >= 4 is 28.3 Å². The van der Waals surface area contributed by atoms with E-state index < -0.39 is 0 Å². The summed E-state index contributed by atoms with van der Waals surface area (Å²) < 4.78 is 12.2. The van der Waals surface area contributed by atoms with Crippen LogP contribution in [-0.2, 0) is 0 Å². The van der Waals surface area contributed by atoms with Gasteiger partial charge in [0.05, 0.1) is 5.69 Å². The van der Waals surface area contributed by atoms with E-state index in [0.29, 0.717) is 24.7 Å². The third-order valence-corrected chi connectivity index (χ3v) is 3.00. The van der Waals surface area contributed by atoms with Crippen LogP contribution in [0.1, 0.15) is 0 Å². The van der Waals surface area contributed by atoms with Crippen LogP contribution in [0.3, 0.4) is 0 Å². The van der Waals surface area contributed by atoms with Gasteiger partial charge in [-0.2, -0.15) is 0 Å². The van der Waals surface area contributed by atoms with Crippen LogP contribution >= 0.6 is 22.6 Å². The molecule has 2 aromatic rings. The first-order chi connectivity index (χ1) is 8.75. The van der Waals surface area contributed by atoms with Crippen LogP contribution in [0.4, 0.5) is 5.69 Å². The molecule has 0 aliphatic heterocycles. The Kier molecular flexibility index (Phi) is 4.69. The predicted octanol–water partition coefficient (Wildman–Crippen LogP) is 3.33. The number of hydrogen-bond acceptors (Lipinski definition) is 3. The summed E-state index contributed by atoms with van der Waals surface area (Å²) in [5, 5.41) is 0. The lowest BCUT2D eigenvalue weighted by Crippen LogP contribution is -2.09. The lowest BCUT2D eigenvalue weighted by molar-refractivity contribution is 0.218. The number of hydrogen-bond donors (Lipinski definition) is 1. The van der Waals surface area contributed by atoms with Gasteiger partial charge in [-0.15, -0.1) is 0 Å². The predicted molar refractivity (Wildman–Crippen MR) is 81.0 cm³/mol. The lowest BCUT2D eigenvalue weighted by atomic mass is 10.3. The fourth-order valence-electron chi connectivity index (χ4n) is 1.48. The SMILES string of the molecule is Nc1cc(I)ccc1OCCOc1ccccc1. The van der Waals surface area contributed by atoms with E-state index in [4.69, 9.17) is 15.2 Å². The van der Waals surface area contributed by atoms with E-state index in [2.05, 4.69) is 22.6 Å². The molecule has 0 amide bonds. The first kappa shape index (κ1) is 13.0. The molecule has 0 atom stereocenters. The molecule has 2 rings (SSSR count). The monoisotopic (exact) mass is 355 g/mol. The van der Waals surface area contributed by atoms with Crippen molar-refractivity contribution in [1.82, 2.24) is 0 Å². The van der Waals surface area contributed by atoms with E-state index in [1.54, 1.807) is 0 Å². The van der Waals surface area contributed by atoms with Crippen LogP contribution < -0.4 is 15.2 Å². The molecule has 0 saturated heterocycles. The molecule has 18 heavy (non-hydrogen) atoms. The van der Waals surface area contributed by atoms with Crippen molar-refractivity contribution in [3.63, 3.8) is 0 Å². The highest BCUT2D eigenvalue weighted by Gasteiger charge is 2.00. The number of rotatable bonds is 5. The van der Waals surface area contributed by atoms with Gasteiger partial charge in [-0.1, -0.05) is 18.2 Å². The minimum Gasteiger partial charge on any atom is -0.490 e. The zero-order valence-electron chi connectivity index (χ0n) is 9.80. The molecule has 0 radical (unpaired) electrons. The van der Waals surface area contributed by atoms with Crippen LogP contribution in [0.5, 0.6) is 11.5 Å². The van der Waals surface area contributed by atoms with Crippen LogP contribution in [0.15, 0.2) is 48.5 Å². The topological polar surface area (TPSA) is 44.5 Å². The molecule has 0 aliphatic carbocycles. The summed E-state index contributed by atoms with van der Waals surface area (Å²) in [6.45, 7) is 0.967. The summed E-state index contributed by atoms with van der Waals surface area (Å²) in [5.41, 5.74) is 6.50. The second-order valence-corrected chi connectivity index (χ2v) is 4.94. The summed E-state index contributed by atoms with van der Waals surface area (Å²) in [5.74, 6) is 1.55. The molecule has 0 fully saturated rings. The number of benzene rings is 2. The number of nitrogen functional groups attached to an aromatic ring is 1. The Morgan fingerprint density at radius 2 is 1.67 bits per heavy atom. The zero-order chi connectivity index (χ0) is 12.8. The van der Waals surface area contributed by atoms with Gasteiger partial charge in [-0.05, 0) is 52.9 Å². The normalized spacial score (nSPS) is 10.1. The summed E-state index contributed by atoms with van der Waals surface area (Å²) in [4.78, 5) is 0. The number of halogens is 1. The highest BCUT2D eigenvalue weighted by Crippen LogP contribution is 2.23. The van der Waals surface area contributed by atoms with Crippen molar-refractivity contribution < 1.29 is 9.47 Å². The average molecular weight is 355 g/mol. The molecular formula is C14H14INO2. The molecule has 0 heterocycles. The Balaban J connectivity index is 1.79. The number of nitrogens with two attached hydrogens (primary N) is 1. The Hall–Kier alpha value is -1.43. The Morgan fingerprint density at radius 3 is 2.39 bits per heavy atom. The summed E-state index contributed by atoms with van der Waals surface area (Å²) in [6.07, 6.45) is 0. The zero-order valence-corrected chi connectivity index (χ0v) is 12.0. The number of anilines is 1. The molecule has 0 spiro atoms. The molecule has 3 nitrogen and oxygen atoms in total. The first-order valence-electron chi connectivity index (χ1n) is 5.61. The molecule has 0 bridgehead atoms. The number of ether oxygens (including phenoxy) is 2. The molecule has 0 aromatic heterocycles. The maximum absolute atomic E-state index is 5.84. The van der Waals surface area contributed by atoms with Gasteiger partial charge in [-0.25, -0.2) is 0 Å². The number of para-hydroxylation sites is 1. The highest BCUT2D eigenvalue weighted by molar-refractivity contribution is 14.1. The third-order valence-electron chi connectivity index (χ3n) is 2.32. The van der Waals surface area contributed by atoms with Crippen LogP contribution in [0.2, 0.25) is 0 Å². The van der Waals surface area contributed by atoms with Gasteiger partial charge in [0.2, 0.25) is 0 Å². The van der Waals surface area contributed by atoms with Crippen LogP contribution in [0, 0.1) is 3.57 Å². The largest absolute Gasteiger partial charge is 0.490 e. The van der Waals surface area contributed by atoms with E-state index in [-0.39, 0.29) is 0 Å². The van der Waals surface area contributed by atoms with Crippen molar-refractivity contribution in [2.75, 3.05) is 18.9 Å². The van der Waals surface area contributed by atoms with Crippen molar-refractivity contribution in [1.29, 1.82) is 0 Å². The molecule has 4 heteroatoms. The van der Waals surface area contributed by atoms with Gasteiger partial charge in [0.1, 0.15) is 24.7 Å². The molecule has 0 unspecified atom stereocenters. The minimum atomic E-state index is 0.472. The highest BCUT2D eigenvalue weighted by atomic mass is 127. The van der Waals surface area contributed by atoms with Gasteiger partial charge in [0, 0.05) is 3.57 Å². The summed E-state index contributed by atoms with van der Waals surface area (Å²) >= 11 is 2.21. The molecule has 2 aromatic carbocycles. The molecule has 94 valence electrons. The van der Waals surface area contributed by atoms with Crippen molar-refractivity contribution in [3.8, 4) is 11.5 Å². The second-order valence-electron chi connectivity index (χ2n) is 3.69. The molecule has 0 saturated carbocycles. The fourth-order valence-corrected chi connectivity index (χ4v) is 1.99. The maximum Gasteiger partial charge on any atom is 0.142 e. The quantitative estimate of drug-likeness (QED) is 0.508. The average Bonchev–Trinajstić information content (AvgIpc) is 2.38. The van der Waals surface area contributed by atoms with Gasteiger partial charge in [-0.3, -0.25) is 0 Å². The van der Waals surface area contributed by atoms with Crippen LogP contribution in [-0.4, -0.2) is 13.2 Å². The van der Waals surface area contributed by atoms with Gasteiger partial charge >= 0.3 is 0 Å². The van der Waals surface area contributed by atoms with Gasteiger partial charge in [0.15, 0.2) is 0 Å². The maximum atomic E-state index is 5.84.